The van der Waals surface area contributed by atoms with E-state index in [1.54, 1.807) is 0 Å². The summed E-state index contributed by atoms with van der Waals surface area (Å²) in [5, 5.41) is 0. The van der Waals surface area contributed by atoms with Crippen LogP contribution in [0.1, 0.15) is 27.7 Å². The van der Waals surface area contributed by atoms with Crippen molar-refractivity contribution in [3.63, 3.8) is 0 Å². The molecule has 2 N–H and O–H groups in total. The predicted molar refractivity (Wildman–Crippen MR) is 48.9 cm³/mol. The molecule has 0 aliphatic heterocycles. The average Bonchev–Trinajstić information content (AvgIpc) is 1.64. The van der Waals surface area contributed by atoms with Gasteiger partial charge < -0.3 is 5.73 Å². The largest absolute Gasteiger partial charge is 0.324 e. The first-order valence-corrected chi connectivity index (χ1v) is 4.79. The van der Waals surface area contributed by atoms with Gasteiger partial charge in [0.05, 0.1) is 0 Å². The molecule has 56 valence electrons. The van der Waals surface area contributed by atoms with Crippen molar-refractivity contribution in [1.82, 2.24) is 0 Å². The van der Waals surface area contributed by atoms with Crippen LogP contribution in [0, 0.1) is 0 Å². The van der Waals surface area contributed by atoms with Crippen molar-refractivity contribution < 1.29 is 0 Å². The molecule has 0 aromatic carbocycles. The van der Waals surface area contributed by atoms with Gasteiger partial charge in [-0.05, 0) is 27.7 Å². The van der Waals surface area contributed by atoms with Crippen LogP contribution in [0.4, 0.5) is 0 Å². The molecule has 0 aliphatic rings. The molecule has 0 rings (SSSR count). The van der Waals surface area contributed by atoms with E-state index in [1.807, 2.05) is 13.8 Å². The maximum absolute atomic E-state index is 5.85. The molecular weight excluding hydrogens is 150 g/mol. The summed E-state index contributed by atoms with van der Waals surface area (Å²) in [5.41, 5.74) is 5.69. The van der Waals surface area contributed by atoms with E-state index < -0.39 is 0 Å². The molecule has 9 heavy (non-hydrogen) atoms. The van der Waals surface area contributed by atoms with Gasteiger partial charge in [-0.1, -0.05) is 10.8 Å². The zero-order chi connectivity index (χ0) is 7.71. The molecule has 3 heteroatoms. The summed E-state index contributed by atoms with van der Waals surface area (Å²) < 4.78 is 0.0378. The van der Waals surface area contributed by atoms with E-state index in [0.717, 1.165) is 0 Å². The zero-order valence-corrected chi connectivity index (χ0v) is 8.14. The summed E-state index contributed by atoms with van der Waals surface area (Å²) in [6.07, 6.45) is 0. The van der Waals surface area contributed by atoms with Crippen molar-refractivity contribution in [2.45, 2.75) is 38.0 Å². The average molecular weight is 165 g/mol. The SMILES string of the molecule is CC(C)(N)C(C)(C)SS. The molecule has 0 heterocycles. The van der Waals surface area contributed by atoms with Crippen LogP contribution in [0.2, 0.25) is 0 Å². The lowest BCUT2D eigenvalue weighted by molar-refractivity contribution is 0.414. The Hall–Kier alpha value is 0.660. The molecule has 0 saturated heterocycles. The third-order valence-electron chi connectivity index (χ3n) is 1.78. The number of thiol groups is 1. The fraction of sp³-hybridized carbons (Fsp3) is 1.00. The standard InChI is InChI=1S/C6H15NS2/c1-5(2,7)6(3,4)9-8/h8H,7H2,1-4H3. The van der Waals surface area contributed by atoms with Gasteiger partial charge in [-0.15, -0.1) is 11.7 Å². The summed E-state index contributed by atoms with van der Waals surface area (Å²) in [4.78, 5) is 0. The molecule has 0 bridgehead atoms. The van der Waals surface area contributed by atoms with Gasteiger partial charge >= 0.3 is 0 Å². The molecule has 0 unspecified atom stereocenters. The minimum absolute atomic E-state index is 0.0378. The van der Waals surface area contributed by atoms with E-state index >= 15 is 0 Å². The van der Waals surface area contributed by atoms with E-state index in [-0.39, 0.29) is 10.3 Å². The topological polar surface area (TPSA) is 26.0 Å². The first kappa shape index (κ1) is 9.66. The van der Waals surface area contributed by atoms with Crippen molar-refractivity contribution in [2.24, 2.45) is 5.73 Å². The van der Waals surface area contributed by atoms with Crippen LogP contribution >= 0.6 is 22.5 Å². The maximum atomic E-state index is 5.85. The molecule has 0 spiro atoms. The van der Waals surface area contributed by atoms with Gasteiger partial charge in [-0.3, -0.25) is 0 Å². The third kappa shape index (κ3) is 2.40. The van der Waals surface area contributed by atoms with Crippen molar-refractivity contribution in [1.29, 1.82) is 0 Å². The summed E-state index contributed by atoms with van der Waals surface area (Å²) >= 11 is 4.13. The Balaban J connectivity index is 4.14. The first-order valence-electron chi connectivity index (χ1n) is 2.93. The minimum atomic E-state index is -0.167. The molecule has 0 atom stereocenters. The van der Waals surface area contributed by atoms with Gasteiger partial charge in [-0.2, -0.15) is 0 Å². The van der Waals surface area contributed by atoms with Gasteiger partial charge in [-0.25, -0.2) is 0 Å². The van der Waals surface area contributed by atoms with Crippen LogP contribution in [-0.4, -0.2) is 10.3 Å². The Morgan fingerprint density at radius 3 is 1.56 bits per heavy atom. The Bertz CT molecular complexity index is 93.7. The molecule has 1 nitrogen and oxygen atoms in total. The predicted octanol–water partition coefficient (Wildman–Crippen LogP) is 2.08. The molecule has 0 aromatic heterocycles. The number of hydrogen-bond donors (Lipinski definition) is 2. The van der Waals surface area contributed by atoms with Crippen LogP contribution in [0.15, 0.2) is 0 Å². The van der Waals surface area contributed by atoms with Crippen LogP contribution in [-0.2, 0) is 0 Å². The van der Waals surface area contributed by atoms with E-state index in [2.05, 4.69) is 25.5 Å². The number of rotatable bonds is 2. The fourth-order valence-electron chi connectivity index (χ4n) is 0.118. The van der Waals surface area contributed by atoms with Gasteiger partial charge in [0.15, 0.2) is 0 Å². The quantitative estimate of drug-likeness (QED) is 0.484. The van der Waals surface area contributed by atoms with Gasteiger partial charge in [0.2, 0.25) is 0 Å². The Labute approximate surface area is 66.6 Å². The number of nitrogens with two attached hydrogens (primary N) is 1. The molecular formula is C6H15NS2. The van der Waals surface area contributed by atoms with E-state index in [9.17, 15) is 0 Å². The minimum Gasteiger partial charge on any atom is -0.324 e. The summed E-state index contributed by atoms with van der Waals surface area (Å²) in [6, 6.07) is 0. The highest BCUT2D eigenvalue weighted by Crippen LogP contribution is 2.35. The lowest BCUT2D eigenvalue weighted by Crippen LogP contribution is -2.49. The second-order valence-corrected chi connectivity index (χ2v) is 5.07. The van der Waals surface area contributed by atoms with Crippen molar-refractivity contribution in [2.75, 3.05) is 0 Å². The normalized spacial score (nSPS) is 14.0. The summed E-state index contributed by atoms with van der Waals surface area (Å²) in [5.74, 6) is 0. The van der Waals surface area contributed by atoms with Crippen LogP contribution in [0.3, 0.4) is 0 Å². The zero-order valence-electron chi connectivity index (χ0n) is 6.43. The summed E-state index contributed by atoms with van der Waals surface area (Å²) in [7, 11) is 1.50. The highest BCUT2D eigenvalue weighted by atomic mass is 33.1. The maximum Gasteiger partial charge on any atom is 0.0378 e. The van der Waals surface area contributed by atoms with Gasteiger partial charge in [0, 0.05) is 10.3 Å². The van der Waals surface area contributed by atoms with E-state index in [1.165, 1.54) is 10.8 Å². The smallest absolute Gasteiger partial charge is 0.0378 e. The van der Waals surface area contributed by atoms with Crippen LogP contribution in [0.5, 0.6) is 0 Å². The third-order valence-corrected chi connectivity index (χ3v) is 4.13. The molecule has 0 saturated carbocycles. The van der Waals surface area contributed by atoms with Crippen molar-refractivity contribution in [3.8, 4) is 0 Å². The van der Waals surface area contributed by atoms with Gasteiger partial charge in [0.1, 0.15) is 0 Å². The second kappa shape index (κ2) is 2.72. The van der Waals surface area contributed by atoms with Crippen LogP contribution < -0.4 is 5.73 Å². The van der Waals surface area contributed by atoms with E-state index in [0.29, 0.717) is 0 Å². The Morgan fingerprint density at radius 1 is 1.22 bits per heavy atom. The first-order chi connectivity index (χ1) is 3.81. The van der Waals surface area contributed by atoms with Gasteiger partial charge in [0.25, 0.3) is 0 Å². The van der Waals surface area contributed by atoms with Crippen LogP contribution in [0.25, 0.3) is 0 Å². The van der Waals surface area contributed by atoms with Crippen molar-refractivity contribution >= 4 is 22.5 Å². The molecule has 0 fully saturated rings. The molecule has 0 amide bonds. The fourth-order valence-corrected chi connectivity index (χ4v) is 1.06. The lowest BCUT2D eigenvalue weighted by atomic mass is 9.91. The Kier molecular flexibility index (Phi) is 2.92. The molecule has 0 aromatic rings. The molecule has 0 aliphatic carbocycles. The lowest BCUT2D eigenvalue weighted by Gasteiger charge is -2.35. The monoisotopic (exact) mass is 165 g/mol. The summed E-state index contributed by atoms with van der Waals surface area (Å²) in [6.45, 7) is 8.20. The number of hydrogen-bond acceptors (Lipinski definition) is 3. The Morgan fingerprint density at radius 2 is 1.56 bits per heavy atom. The van der Waals surface area contributed by atoms with Crippen molar-refractivity contribution in [3.05, 3.63) is 0 Å². The highest BCUT2D eigenvalue weighted by Gasteiger charge is 2.32. The van der Waals surface area contributed by atoms with E-state index in [4.69, 9.17) is 5.73 Å². The highest BCUT2D eigenvalue weighted by molar-refractivity contribution is 8.69. The molecule has 0 radical (unpaired) electrons. The second-order valence-electron chi connectivity index (χ2n) is 3.32.